The Morgan fingerprint density at radius 1 is 0.846 bits per heavy atom. The van der Waals surface area contributed by atoms with Gasteiger partial charge in [-0.05, 0) is 23.8 Å². The standard InChI is InChI=1S/C19H22N2O5/c1-23-16-6-5-12(7-17(16)24-2)10-21-15-9-19(26-4)18(25-3)8-13(15)14(11-22)20-21/h5-9,22H,10-11H2,1-4H3. The largest absolute Gasteiger partial charge is 0.493 e. The summed E-state index contributed by atoms with van der Waals surface area (Å²) >= 11 is 0. The molecule has 0 aliphatic rings. The van der Waals surface area contributed by atoms with Gasteiger partial charge in [0, 0.05) is 11.5 Å². The lowest BCUT2D eigenvalue weighted by atomic mass is 10.1. The van der Waals surface area contributed by atoms with E-state index in [0.717, 1.165) is 16.5 Å². The molecule has 1 heterocycles. The van der Waals surface area contributed by atoms with Crippen LogP contribution in [0.5, 0.6) is 23.0 Å². The number of nitrogens with zero attached hydrogens (tertiary/aromatic N) is 2. The van der Waals surface area contributed by atoms with Gasteiger partial charge in [0.15, 0.2) is 23.0 Å². The minimum absolute atomic E-state index is 0.162. The number of hydrogen-bond donors (Lipinski definition) is 1. The fourth-order valence-electron chi connectivity index (χ4n) is 2.96. The molecule has 0 saturated heterocycles. The number of ether oxygens (including phenoxy) is 4. The van der Waals surface area contributed by atoms with Crippen LogP contribution in [0.3, 0.4) is 0 Å². The Hall–Kier alpha value is -2.93. The van der Waals surface area contributed by atoms with E-state index in [-0.39, 0.29) is 6.61 Å². The summed E-state index contributed by atoms with van der Waals surface area (Å²) in [6.07, 6.45) is 0. The van der Waals surface area contributed by atoms with Crippen molar-refractivity contribution in [3.63, 3.8) is 0 Å². The van der Waals surface area contributed by atoms with Gasteiger partial charge < -0.3 is 24.1 Å². The maximum atomic E-state index is 9.67. The average molecular weight is 358 g/mol. The molecule has 0 spiro atoms. The second kappa shape index (κ2) is 7.53. The molecule has 0 aliphatic carbocycles. The SMILES string of the molecule is COc1ccc(Cn2nc(CO)c3cc(OC)c(OC)cc32)cc1OC. The number of aliphatic hydroxyl groups excluding tert-OH is 1. The molecule has 7 heteroatoms. The normalized spacial score (nSPS) is 10.8. The lowest BCUT2D eigenvalue weighted by Crippen LogP contribution is -2.03. The summed E-state index contributed by atoms with van der Waals surface area (Å²) in [7, 11) is 6.37. The molecule has 0 saturated carbocycles. The molecule has 7 nitrogen and oxygen atoms in total. The summed E-state index contributed by atoms with van der Waals surface area (Å²) in [5.41, 5.74) is 2.43. The van der Waals surface area contributed by atoms with Gasteiger partial charge in [-0.3, -0.25) is 4.68 Å². The third-order valence-corrected chi connectivity index (χ3v) is 4.26. The van der Waals surface area contributed by atoms with Gasteiger partial charge in [0.1, 0.15) is 0 Å². The molecule has 0 radical (unpaired) electrons. The number of aliphatic hydroxyl groups is 1. The number of methoxy groups -OCH3 is 4. The highest BCUT2D eigenvalue weighted by Gasteiger charge is 2.16. The van der Waals surface area contributed by atoms with Crippen LogP contribution >= 0.6 is 0 Å². The Labute approximate surface area is 151 Å². The molecule has 138 valence electrons. The van der Waals surface area contributed by atoms with Crippen LogP contribution in [0.2, 0.25) is 0 Å². The Kier molecular flexibility index (Phi) is 5.18. The first kappa shape index (κ1) is 17.9. The average Bonchev–Trinajstić information content (AvgIpc) is 3.03. The third-order valence-electron chi connectivity index (χ3n) is 4.26. The summed E-state index contributed by atoms with van der Waals surface area (Å²) in [4.78, 5) is 0. The minimum atomic E-state index is -0.162. The number of fused-ring (bicyclic) bond motifs is 1. The smallest absolute Gasteiger partial charge is 0.162 e. The maximum Gasteiger partial charge on any atom is 0.162 e. The van der Waals surface area contributed by atoms with Crippen molar-refractivity contribution in [2.45, 2.75) is 13.2 Å². The number of hydrogen-bond acceptors (Lipinski definition) is 6. The first-order valence-corrected chi connectivity index (χ1v) is 8.08. The Bertz CT molecular complexity index is 920. The zero-order chi connectivity index (χ0) is 18.7. The van der Waals surface area contributed by atoms with Crippen LogP contribution in [0.25, 0.3) is 10.9 Å². The zero-order valence-corrected chi connectivity index (χ0v) is 15.3. The van der Waals surface area contributed by atoms with E-state index in [1.54, 1.807) is 28.4 Å². The van der Waals surface area contributed by atoms with Gasteiger partial charge in [0.05, 0.1) is 52.8 Å². The number of rotatable bonds is 7. The predicted molar refractivity (Wildman–Crippen MR) is 97.4 cm³/mol. The van der Waals surface area contributed by atoms with Crippen molar-refractivity contribution in [1.82, 2.24) is 9.78 Å². The van der Waals surface area contributed by atoms with Gasteiger partial charge in [-0.15, -0.1) is 0 Å². The van der Waals surface area contributed by atoms with Crippen LogP contribution in [0, 0.1) is 0 Å². The van der Waals surface area contributed by atoms with Crippen molar-refractivity contribution in [2.75, 3.05) is 28.4 Å². The monoisotopic (exact) mass is 358 g/mol. The number of benzene rings is 2. The second-order valence-electron chi connectivity index (χ2n) is 5.68. The quantitative estimate of drug-likeness (QED) is 0.700. The fourth-order valence-corrected chi connectivity index (χ4v) is 2.96. The number of aromatic nitrogens is 2. The Morgan fingerprint density at radius 2 is 1.46 bits per heavy atom. The molecule has 0 unspecified atom stereocenters. The van der Waals surface area contributed by atoms with Crippen LogP contribution in [0.4, 0.5) is 0 Å². The maximum absolute atomic E-state index is 9.67. The molecule has 26 heavy (non-hydrogen) atoms. The van der Waals surface area contributed by atoms with Crippen LogP contribution in [-0.4, -0.2) is 43.3 Å². The Balaban J connectivity index is 2.07. The van der Waals surface area contributed by atoms with E-state index < -0.39 is 0 Å². The molecule has 0 aliphatic heterocycles. The molecule has 3 rings (SSSR count). The zero-order valence-electron chi connectivity index (χ0n) is 15.3. The van der Waals surface area contributed by atoms with Gasteiger partial charge in [0.25, 0.3) is 0 Å². The highest BCUT2D eigenvalue weighted by Crippen LogP contribution is 2.34. The van der Waals surface area contributed by atoms with Gasteiger partial charge in [-0.2, -0.15) is 5.10 Å². The Morgan fingerprint density at radius 3 is 2.08 bits per heavy atom. The van der Waals surface area contributed by atoms with Crippen molar-refractivity contribution in [2.24, 2.45) is 0 Å². The van der Waals surface area contributed by atoms with Crippen molar-refractivity contribution in [3.05, 3.63) is 41.6 Å². The molecule has 0 atom stereocenters. The van der Waals surface area contributed by atoms with Gasteiger partial charge in [-0.25, -0.2) is 0 Å². The predicted octanol–water partition coefficient (Wildman–Crippen LogP) is 2.61. The molecule has 2 aromatic carbocycles. The van der Waals surface area contributed by atoms with E-state index in [1.807, 2.05) is 35.0 Å². The molecule has 0 amide bonds. The molecule has 0 bridgehead atoms. The van der Waals surface area contributed by atoms with Gasteiger partial charge in [0.2, 0.25) is 0 Å². The molecular weight excluding hydrogens is 336 g/mol. The molecule has 3 aromatic rings. The van der Waals surface area contributed by atoms with E-state index in [1.165, 1.54) is 0 Å². The van der Waals surface area contributed by atoms with E-state index >= 15 is 0 Å². The van der Waals surface area contributed by atoms with E-state index in [9.17, 15) is 5.11 Å². The van der Waals surface area contributed by atoms with Crippen LogP contribution in [0.1, 0.15) is 11.3 Å². The summed E-state index contributed by atoms with van der Waals surface area (Å²) in [5, 5.41) is 15.0. The van der Waals surface area contributed by atoms with Crippen molar-refractivity contribution in [3.8, 4) is 23.0 Å². The molecular formula is C19H22N2O5. The summed E-state index contributed by atoms with van der Waals surface area (Å²) in [6, 6.07) is 9.41. The van der Waals surface area contributed by atoms with Crippen molar-refractivity contribution in [1.29, 1.82) is 0 Å². The van der Waals surface area contributed by atoms with Gasteiger partial charge in [-0.1, -0.05) is 6.07 Å². The molecule has 0 fully saturated rings. The molecule has 1 aromatic heterocycles. The third kappa shape index (κ3) is 3.13. The fraction of sp³-hybridized carbons (Fsp3) is 0.316. The first-order chi connectivity index (χ1) is 12.6. The lowest BCUT2D eigenvalue weighted by Gasteiger charge is -2.11. The highest BCUT2D eigenvalue weighted by molar-refractivity contribution is 5.85. The van der Waals surface area contributed by atoms with Crippen molar-refractivity contribution < 1.29 is 24.1 Å². The highest BCUT2D eigenvalue weighted by atomic mass is 16.5. The van der Waals surface area contributed by atoms with Crippen LogP contribution in [-0.2, 0) is 13.2 Å². The van der Waals surface area contributed by atoms with Crippen LogP contribution < -0.4 is 18.9 Å². The second-order valence-corrected chi connectivity index (χ2v) is 5.68. The summed E-state index contributed by atoms with van der Waals surface area (Å²) in [6.45, 7) is 0.344. The first-order valence-electron chi connectivity index (χ1n) is 8.08. The summed E-state index contributed by atoms with van der Waals surface area (Å²) < 4.78 is 23.2. The lowest BCUT2D eigenvalue weighted by molar-refractivity contribution is 0.276. The van der Waals surface area contributed by atoms with E-state index in [2.05, 4.69) is 5.10 Å². The summed E-state index contributed by atoms with van der Waals surface area (Å²) in [5.74, 6) is 2.53. The van der Waals surface area contributed by atoms with E-state index in [4.69, 9.17) is 18.9 Å². The van der Waals surface area contributed by atoms with E-state index in [0.29, 0.717) is 35.2 Å². The molecule has 1 N–H and O–H groups in total. The van der Waals surface area contributed by atoms with Gasteiger partial charge >= 0.3 is 0 Å². The van der Waals surface area contributed by atoms with Crippen molar-refractivity contribution >= 4 is 10.9 Å². The van der Waals surface area contributed by atoms with Crippen LogP contribution in [0.15, 0.2) is 30.3 Å². The minimum Gasteiger partial charge on any atom is -0.493 e. The topological polar surface area (TPSA) is 75.0 Å².